The summed E-state index contributed by atoms with van der Waals surface area (Å²) in [5.41, 5.74) is 4.46. The van der Waals surface area contributed by atoms with Crippen LogP contribution < -0.4 is 10.2 Å². The molecule has 0 saturated heterocycles. The third kappa shape index (κ3) is 4.32. The van der Waals surface area contributed by atoms with Crippen LogP contribution in [-0.4, -0.2) is 46.1 Å². The van der Waals surface area contributed by atoms with E-state index in [2.05, 4.69) is 17.4 Å². The highest BCUT2D eigenvalue weighted by molar-refractivity contribution is 5.99. The minimum Gasteiger partial charge on any atom is -0.465 e. The molecule has 5 rings (SSSR count). The maximum atomic E-state index is 12.5. The second kappa shape index (κ2) is 9.21. The van der Waals surface area contributed by atoms with Gasteiger partial charge in [0.05, 0.1) is 16.9 Å². The van der Waals surface area contributed by atoms with Crippen molar-refractivity contribution >= 4 is 23.5 Å². The van der Waals surface area contributed by atoms with Gasteiger partial charge in [-0.1, -0.05) is 54.6 Å². The van der Waals surface area contributed by atoms with Crippen molar-refractivity contribution in [2.45, 2.75) is 57.5 Å². The van der Waals surface area contributed by atoms with Crippen LogP contribution in [0.2, 0.25) is 0 Å². The molecule has 0 bridgehead atoms. The van der Waals surface area contributed by atoms with Crippen LogP contribution in [0, 0.1) is 0 Å². The van der Waals surface area contributed by atoms with Gasteiger partial charge in [0.2, 0.25) is 5.91 Å². The van der Waals surface area contributed by atoms with E-state index in [1.165, 1.54) is 0 Å². The predicted molar refractivity (Wildman–Crippen MR) is 147 cm³/mol. The highest BCUT2D eigenvalue weighted by Crippen LogP contribution is 2.50. The van der Waals surface area contributed by atoms with Crippen LogP contribution >= 0.6 is 0 Å². The van der Waals surface area contributed by atoms with Gasteiger partial charge in [0.1, 0.15) is 0 Å². The van der Waals surface area contributed by atoms with Crippen LogP contribution in [0.3, 0.4) is 0 Å². The number of carbonyl (C=O) groups is 2. The number of hydrogen-bond acceptors (Lipinski definition) is 4. The lowest BCUT2D eigenvalue weighted by Crippen LogP contribution is -2.60. The molecule has 1 fully saturated rings. The molecule has 7 nitrogen and oxygen atoms in total. The van der Waals surface area contributed by atoms with Gasteiger partial charge in [-0.05, 0) is 57.2 Å². The normalized spacial score (nSPS) is 16.8. The Balaban J connectivity index is 1.62. The number of aromatic nitrogens is 1. The fraction of sp³-hybridized carbons (Fsp3) is 0.367. The molecule has 7 heteroatoms. The Morgan fingerprint density at radius 2 is 1.73 bits per heavy atom. The van der Waals surface area contributed by atoms with Gasteiger partial charge in [0, 0.05) is 36.7 Å². The number of fused-ring (bicyclic) bond motifs is 1. The van der Waals surface area contributed by atoms with Crippen molar-refractivity contribution in [2.24, 2.45) is 0 Å². The van der Waals surface area contributed by atoms with Gasteiger partial charge in [-0.3, -0.25) is 9.69 Å². The average molecular weight is 499 g/mol. The smallest absolute Gasteiger partial charge is 0.408 e. The Labute approximate surface area is 218 Å². The molecule has 2 heterocycles. The Bertz CT molecular complexity index is 1330. The van der Waals surface area contributed by atoms with Crippen molar-refractivity contribution in [2.75, 3.05) is 23.8 Å². The predicted octanol–water partition coefficient (Wildman–Crippen LogP) is 6.35. The molecule has 2 amide bonds. The first kappa shape index (κ1) is 24.8. The zero-order chi connectivity index (χ0) is 26.4. The molecule has 1 aromatic heterocycles. The average Bonchev–Trinajstić information content (AvgIpc) is 2.98. The number of amides is 2. The lowest BCUT2D eigenvalue weighted by Gasteiger charge is -2.54. The molecule has 0 atom stereocenters. The number of carbonyl (C=O) groups excluding carboxylic acids is 1. The van der Waals surface area contributed by atoms with E-state index < -0.39 is 17.2 Å². The van der Waals surface area contributed by atoms with E-state index in [1.807, 2.05) is 69.3 Å². The van der Waals surface area contributed by atoms with Gasteiger partial charge in [0.15, 0.2) is 5.82 Å². The third-order valence-corrected chi connectivity index (χ3v) is 7.62. The molecule has 0 spiro atoms. The monoisotopic (exact) mass is 498 g/mol. The van der Waals surface area contributed by atoms with Gasteiger partial charge in [-0.15, -0.1) is 0 Å². The molecule has 0 unspecified atom stereocenters. The fourth-order valence-electron chi connectivity index (χ4n) is 5.74. The maximum absolute atomic E-state index is 12.5. The Morgan fingerprint density at radius 3 is 2.30 bits per heavy atom. The van der Waals surface area contributed by atoms with Crippen LogP contribution in [0.15, 0.2) is 60.7 Å². The SMILES string of the molecule is CN1C(=O)CCNc2nc(-c3ccc(C4(N(C(=O)O)C(C)(C)C)CCC4)cc3)c(-c3ccccc3)cc21. The molecule has 1 aliphatic carbocycles. The van der Waals surface area contributed by atoms with Gasteiger partial charge in [0.25, 0.3) is 0 Å². The molecule has 0 radical (unpaired) electrons. The van der Waals surface area contributed by atoms with Crippen LogP contribution in [0.1, 0.15) is 52.0 Å². The van der Waals surface area contributed by atoms with Crippen LogP contribution in [0.4, 0.5) is 16.3 Å². The first-order valence-corrected chi connectivity index (χ1v) is 12.9. The van der Waals surface area contributed by atoms with Gasteiger partial charge in [-0.2, -0.15) is 0 Å². The van der Waals surface area contributed by atoms with Crippen molar-refractivity contribution in [3.63, 3.8) is 0 Å². The third-order valence-electron chi connectivity index (χ3n) is 7.62. The number of nitrogens with zero attached hydrogens (tertiary/aromatic N) is 3. The highest BCUT2D eigenvalue weighted by Gasteiger charge is 2.50. The van der Waals surface area contributed by atoms with Gasteiger partial charge < -0.3 is 15.3 Å². The lowest BCUT2D eigenvalue weighted by atomic mass is 9.69. The topological polar surface area (TPSA) is 85.8 Å². The van der Waals surface area contributed by atoms with E-state index in [1.54, 1.807) is 16.8 Å². The number of hydrogen-bond donors (Lipinski definition) is 2. The zero-order valence-corrected chi connectivity index (χ0v) is 21.9. The summed E-state index contributed by atoms with van der Waals surface area (Å²) < 4.78 is 0. The lowest BCUT2D eigenvalue weighted by molar-refractivity contribution is -0.118. The zero-order valence-electron chi connectivity index (χ0n) is 21.9. The number of carboxylic acid groups (broad SMARTS) is 1. The summed E-state index contributed by atoms with van der Waals surface area (Å²) in [6, 6.07) is 20.3. The minimum atomic E-state index is -0.889. The largest absolute Gasteiger partial charge is 0.465 e. The van der Waals surface area contributed by atoms with E-state index >= 15 is 0 Å². The molecule has 192 valence electrons. The van der Waals surface area contributed by atoms with Gasteiger partial charge in [-0.25, -0.2) is 9.78 Å². The van der Waals surface area contributed by atoms with E-state index in [9.17, 15) is 14.7 Å². The molecule has 37 heavy (non-hydrogen) atoms. The van der Waals surface area contributed by atoms with Crippen molar-refractivity contribution in [1.29, 1.82) is 0 Å². The highest BCUT2D eigenvalue weighted by atomic mass is 16.4. The van der Waals surface area contributed by atoms with Crippen molar-refractivity contribution < 1.29 is 14.7 Å². The van der Waals surface area contributed by atoms with Gasteiger partial charge >= 0.3 is 6.09 Å². The summed E-state index contributed by atoms with van der Waals surface area (Å²) in [5, 5.41) is 13.4. The summed E-state index contributed by atoms with van der Waals surface area (Å²) in [6.07, 6.45) is 2.15. The first-order chi connectivity index (χ1) is 17.6. The standard InChI is InChI=1S/C30H34N4O3/c1-29(2,3)34(28(36)37)30(16-8-17-30)22-13-11-21(12-14-22)26-23(20-9-6-5-7-10-20)19-24-27(32-26)31-18-15-25(35)33(24)4/h5-7,9-14,19H,8,15-18H2,1-4H3,(H,31,32)(H,36,37). The van der Waals surface area contributed by atoms with E-state index in [0.717, 1.165) is 52.9 Å². The Hall–Kier alpha value is -3.87. The molecular weight excluding hydrogens is 464 g/mol. The fourth-order valence-corrected chi connectivity index (χ4v) is 5.74. The molecule has 3 aromatic rings. The summed E-state index contributed by atoms with van der Waals surface area (Å²) in [4.78, 5) is 33.2. The quantitative estimate of drug-likeness (QED) is 0.438. The summed E-state index contributed by atoms with van der Waals surface area (Å²) in [5.74, 6) is 0.740. The van der Waals surface area contributed by atoms with Crippen LogP contribution in [0.5, 0.6) is 0 Å². The van der Waals surface area contributed by atoms with Crippen molar-refractivity contribution in [3.05, 3.63) is 66.2 Å². The van der Waals surface area contributed by atoms with Crippen molar-refractivity contribution in [3.8, 4) is 22.4 Å². The van der Waals surface area contributed by atoms with Crippen LogP contribution in [-0.2, 0) is 10.3 Å². The molecule has 2 N–H and O–H groups in total. The maximum Gasteiger partial charge on any atom is 0.408 e. The number of pyridine rings is 1. The second-order valence-corrected chi connectivity index (χ2v) is 11.0. The van der Waals surface area contributed by atoms with Crippen molar-refractivity contribution in [1.82, 2.24) is 9.88 Å². The molecule has 2 aromatic carbocycles. The summed E-state index contributed by atoms with van der Waals surface area (Å²) in [7, 11) is 1.79. The number of rotatable bonds is 4. The van der Waals surface area contributed by atoms with E-state index in [-0.39, 0.29) is 5.91 Å². The number of nitrogens with one attached hydrogen (secondary N) is 1. The summed E-state index contributed by atoms with van der Waals surface area (Å²) >= 11 is 0. The summed E-state index contributed by atoms with van der Waals surface area (Å²) in [6.45, 7) is 6.40. The Morgan fingerprint density at radius 1 is 1.05 bits per heavy atom. The molecule has 1 saturated carbocycles. The minimum absolute atomic E-state index is 0.0526. The Kier molecular flexibility index (Phi) is 6.18. The van der Waals surface area contributed by atoms with E-state index in [4.69, 9.17) is 4.98 Å². The number of anilines is 2. The molecule has 1 aliphatic heterocycles. The van der Waals surface area contributed by atoms with Crippen LogP contribution in [0.25, 0.3) is 22.4 Å². The molecule has 2 aliphatic rings. The second-order valence-electron chi connectivity index (χ2n) is 11.0. The number of benzene rings is 2. The first-order valence-electron chi connectivity index (χ1n) is 12.9. The molecular formula is C30H34N4O3. The van der Waals surface area contributed by atoms with E-state index in [0.29, 0.717) is 18.8 Å².